The number of phenols is 1. The maximum atomic E-state index is 10.8. The Labute approximate surface area is 116 Å². The van der Waals surface area contributed by atoms with Crippen molar-refractivity contribution in [3.05, 3.63) is 23.8 Å². The molecule has 0 fully saturated rings. The molecule has 0 aromatic heterocycles. The van der Waals surface area contributed by atoms with E-state index in [-0.39, 0.29) is 22.8 Å². The van der Waals surface area contributed by atoms with E-state index >= 15 is 0 Å². The van der Waals surface area contributed by atoms with Gasteiger partial charge in [0.2, 0.25) is 0 Å². The first-order valence-electron chi connectivity index (χ1n) is 5.82. The van der Waals surface area contributed by atoms with Crippen molar-refractivity contribution in [1.29, 1.82) is 0 Å². The second kappa shape index (κ2) is 7.37. The summed E-state index contributed by atoms with van der Waals surface area (Å²) >= 11 is 1.09. The van der Waals surface area contributed by atoms with E-state index in [9.17, 15) is 20.1 Å². The summed E-state index contributed by atoms with van der Waals surface area (Å²) in [6, 6.07) is 4.43. The van der Waals surface area contributed by atoms with Crippen molar-refractivity contribution in [2.45, 2.75) is 25.6 Å². The summed E-state index contributed by atoms with van der Waals surface area (Å²) in [6.45, 7) is 1.45. The van der Waals surface area contributed by atoms with Crippen molar-refractivity contribution >= 4 is 16.9 Å². The van der Waals surface area contributed by atoms with E-state index in [4.69, 9.17) is 4.74 Å². The van der Waals surface area contributed by atoms with E-state index in [1.54, 1.807) is 6.07 Å². The Balaban J connectivity index is 2.70. The highest BCUT2D eigenvalue weighted by atomic mass is 32.2. The van der Waals surface area contributed by atoms with E-state index in [0.29, 0.717) is 11.5 Å². The van der Waals surface area contributed by atoms with Crippen LogP contribution in [0.5, 0.6) is 11.5 Å². The summed E-state index contributed by atoms with van der Waals surface area (Å²) in [6.07, 6.45) is -2.02. The number of thioether (sulfide) groups is 1. The predicted octanol–water partition coefficient (Wildman–Crippen LogP) is 1.46. The number of carbonyl (C=O) groups is 1. The third kappa shape index (κ3) is 4.74. The maximum Gasteiger partial charge on any atom is 0.185 e. The van der Waals surface area contributed by atoms with Crippen LogP contribution in [0.4, 0.5) is 0 Å². The summed E-state index contributed by atoms with van der Waals surface area (Å²) in [7, 11) is 1.47. The summed E-state index contributed by atoms with van der Waals surface area (Å²) in [4.78, 5) is 10.8. The second-order valence-corrected chi connectivity index (χ2v) is 5.34. The predicted molar refractivity (Wildman–Crippen MR) is 73.4 cm³/mol. The molecule has 0 aliphatic carbocycles. The Morgan fingerprint density at radius 2 is 2.11 bits per heavy atom. The van der Waals surface area contributed by atoms with Gasteiger partial charge in [0.05, 0.1) is 13.2 Å². The Kier molecular flexibility index (Phi) is 6.14. The van der Waals surface area contributed by atoms with Crippen molar-refractivity contribution in [2.75, 3.05) is 12.9 Å². The van der Waals surface area contributed by atoms with Crippen molar-refractivity contribution in [3.8, 4) is 11.5 Å². The molecule has 0 amide bonds. The quantitative estimate of drug-likeness (QED) is 0.734. The highest BCUT2D eigenvalue weighted by Gasteiger charge is 2.21. The van der Waals surface area contributed by atoms with Crippen LogP contribution in [0.3, 0.4) is 0 Å². The van der Waals surface area contributed by atoms with E-state index in [1.807, 2.05) is 0 Å². The van der Waals surface area contributed by atoms with Gasteiger partial charge in [-0.3, -0.25) is 4.79 Å². The number of aromatic hydroxyl groups is 1. The van der Waals surface area contributed by atoms with Crippen molar-refractivity contribution < 1.29 is 24.9 Å². The number of hydrogen-bond acceptors (Lipinski definition) is 6. The first kappa shape index (κ1) is 15.8. The highest BCUT2D eigenvalue weighted by molar-refractivity contribution is 8.13. The molecule has 0 heterocycles. The number of hydrogen-bond donors (Lipinski definition) is 3. The molecule has 1 aromatic carbocycles. The Morgan fingerprint density at radius 1 is 1.42 bits per heavy atom. The van der Waals surface area contributed by atoms with Gasteiger partial charge in [0.25, 0.3) is 0 Å². The van der Waals surface area contributed by atoms with Crippen LogP contribution in [0.1, 0.15) is 25.0 Å². The number of carbonyl (C=O) groups excluding carboxylic acids is 1. The van der Waals surface area contributed by atoms with Crippen LogP contribution in [-0.4, -0.2) is 39.4 Å². The molecule has 2 atom stereocenters. The van der Waals surface area contributed by atoms with Gasteiger partial charge in [-0.25, -0.2) is 0 Å². The van der Waals surface area contributed by atoms with E-state index in [2.05, 4.69) is 0 Å². The van der Waals surface area contributed by atoms with Gasteiger partial charge in [0.15, 0.2) is 5.12 Å². The molecule has 0 radical (unpaired) electrons. The number of aliphatic hydroxyl groups excluding tert-OH is 2. The SMILES string of the molecule is COc1ccc(O)c(C(O)C(O)CCSC(C)=O)c1. The highest BCUT2D eigenvalue weighted by Crippen LogP contribution is 2.31. The normalized spacial score (nSPS) is 13.9. The lowest BCUT2D eigenvalue weighted by atomic mass is 10.0. The van der Waals surface area contributed by atoms with Crippen LogP contribution >= 0.6 is 11.8 Å². The van der Waals surface area contributed by atoms with E-state index in [0.717, 1.165) is 11.8 Å². The van der Waals surface area contributed by atoms with Gasteiger partial charge in [0, 0.05) is 18.2 Å². The van der Waals surface area contributed by atoms with Crippen molar-refractivity contribution in [2.24, 2.45) is 0 Å². The number of rotatable bonds is 6. The molecule has 1 rings (SSSR count). The lowest BCUT2D eigenvalue weighted by Crippen LogP contribution is -2.19. The third-order valence-corrected chi connectivity index (χ3v) is 3.48. The topological polar surface area (TPSA) is 87.0 Å². The third-order valence-electron chi connectivity index (χ3n) is 2.64. The number of aliphatic hydroxyl groups is 2. The van der Waals surface area contributed by atoms with Gasteiger partial charge in [-0.05, 0) is 24.6 Å². The summed E-state index contributed by atoms with van der Waals surface area (Å²) in [5, 5.41) is 29.5. The molecule has 0 saturated carbocycles. The molecular weight excluding hydrogens is 268 g/mol. The number of ether oxygens (including phenoxy) is 1. The molecule has 1 aromatic rings. The average Bonchev–Trinajstić information content (AvgIpc) is 2.38. The van der Waals surface area contributed by atoms with Gasteiger partial charge in [-0.2, -0.15) is 0 Å². The zero-order chi connectivity index (χ0) is 14.4. The molecule has 0 bridgehead atoms. The minimum atomic E-state index is -1.22. The number of benzene rings is 1. The van der Waals surface area contributed by atoms with Crippen molar-refractivity contribution in [3.63, 3.8) is 0 Å². The van der Waals surface area contributed by atoms with Gasteiger partial charge in [0.1, 0.15) is 17.6 Å². The molecule has 2 unspecified atom stereocenters. The van der Waals surface area contributed by atoms with Crippen LogP contribution in [0, 0.1) is 0 Å². The fraction of sp³-hybridized carbons (Fsp3) is 0.462. The molecule has 5 nitrogen and oxygen atoms in total. The zero-order valence-corrected chi connectivity index (χ0v) is 11.7. The van der Waals surface area contributed by atoms with Crippen LogP contribution in [0.15, 0.2) is 18.2 Å². The first-order valence-corrected chi connectivity index (χ1v) is 6.80. The fourth-order valence-electron chi connectivity index (χ4n) is 1.59. The molecule has 0 spiro atoms. The number of phenolic OH excluding ortho intramolecular Hbond substituents is 1. The molecule has 0 aliphatic heterocycles. The lowest BCUT2D eigenvalue weighted by molar-refractivity contribution is -0.109. The Morgan fingerprint density at radius 3 is 2.68 bits per heavy atom. The van der Waals surface area contributed by atoms with Gasteiger partial charge in [-0.1, -0.05) is 11.8 Å². The van der Waals surface area contributed by atoms with E-state index in [1.165, 1.54) is 26.2 Å². The largest absolute Gasteiger partial charge is 0.508 e. The standard InChI is InChI=1S/C13H18O5S/c1-8(14)19-6-5-12(16)13(17)10-7-9(18-2)3-4-11(10)15/h3-4,7,12-13,15-17H,5-6H2,1-2H3. The molecule has 106 valence electrons. The minimum Gasteiger partial charge on any atom is -0.508 e. The van der Waals surface area contributed by atoms with Crippen LogP contribution < -0.4 is 4.74 Å². The van der Waals surface area contributed by atoms with Crippen molar-refractivity contribution in [1.82, 2.24) is 0 Å². The Bertz CT molecular complexity index is 435. The molecular formula is C13H18O5S. The molecule has 0 aliphatic rings. The summed E-state index contributed by atoms with van der Waals surface area (Å²) in [5.74, 6) is 0.793. The maximum absolute atomic E-state index is 10.8. The monoisotopic (exact) mass is 286 g/mol. The van der Waals surface area contributed by atoms with Crippen LogP contribution in [-0.2, 0) is 4.79 Å². The van der Waals surface area contributed by atoms with Gasteiger partial charge >= 0.3 is 0 Å². The molecule has 19 heavy (non-hydrogen) atoms. The fourth-order valence-corrected chi connectivity index (χ4v) is 2.23. The molecule has 0 saturated heterocycles. The molecule has 3 N–H and O–H groups in total. The second-order valence-electron chi connectivity index (χ2n) is 4.07. The van der Waals surface area contributed by atoms with Crippen LogP contribution in [0.2, 0.25) is 0 Å². The summed E-state index contributed by atoms with van der Waals surface area (Å²) < 4.78 is 5.00. The number of methoxy groups -OCH3 is 1. The van der Waals surface area contributed by atoms with Gasteiger partial charge < -0.3 is 20.1 Å². The van der Waals surface area contributed by atoms with Crippen LogP contribution in [0.25, 0.3) is 0 Å². The Hall–Kier alpha value is -1.24. The van der Waals surface area contributed by atoms with E-state index < -0.39 is 12.2 Å². The average molecular weight is 286 g/mol. The molecule has 6 heteroatoms. The van der Waals surface area contributed by atoms with Gasteiger partial charge in [-0.15, -0.1) is 0 Å². The smallest absolute Gasteiger partial charge is 0.185 e. The lowest BCUT2D eigenvalue weighted by Gasteiger charge is -2.19. The first-order chi connectivity index (χ1) is 8.95. The zero-order valence-electron chi connectivity index (χ0n) is 10.9. The minimum absolute atomic E-state index is 0.0362. The summed E-state index contributed by atoms with van der Waals surface area (Å²) in [5.41, 5.74) is 0.208.